The fourth-order valence-electron chi connectivity index (χ4n) is 1.40. The van der Waals surface area contributed by atoms with Gasteiger partial charge in [0.1, 0.15) is 0 Å². The van der Waals surface area contributed by atoms with Gasteiger partial charge in [0, 0.05) is 5.92 Å². The van der Waals surface area contributed by atoms with Gasteiger partial charge in [0.05, 0.1) is 5.75 Å². The highest BCUT2D eigenvalue weighted by Crippen LogP contribution is 2.37. The third-order valence-corrected chi connectivity index (χ3v) is 3.87. The van der Waals surface area contributed by atoms with Gasteiger partial charge in [0.25, 0.3) is 0 Å². The first kappa shape index (κ1) is 11.5. The van der Waals surface area contributed by atoms with Crippen molar-refractivity contribution in [1.29, 1.82) is 0 Å². The van der Waals surface area contributed by atoms with Crippen LogP contribution in [0.2, 0.25) is 0 Å². The Bertz CT molecular complexity index is 321. The van der Waals surface area contributed by atoms with Gasteiger partial charge in [-0.15, -0.1) is 0 Å². The Morgan fingerprint density at radius 1 is 1.50 bits per heavy atom. The smallest absolute Gasteiger partial charge is 0.236 e. The number of amides is 1. The van der Waals surface area contributed by atoms with E-state index in [1.807, 2.05) is 20.8 Å². The van der Waals surface area contributed by atoms with Gasteiger partial charge in [-0.2, -0.15) is 0 Å². The molecule has 0 aromatic rings. The van der Waals surface area contributed by atoms with Gasteiger partial charge in [-0.1, -0.05) is 20.8 Å². The highest BCUT2D eigenvalue weighted by molar-refractivity contribution is 7.90. The number of nitrogens with one attached hydrogen (secondary N) is 1. The predicted octanol–water partition coefficient (Wildman–Crippen LogP) is 0.744. The zero-order chi connectivity index (χ0) is 10.9. The number of carbonyl (C=O) groups excluding carboxylic acids is 1. The second-order valence-electron chi connectivity index (χ2n) is 4.46. The van der Waals surface area contributed by atoms with E-state index in [0.29, 0.717) is 5.92 Å². The van der Waals surface area contributed by atoms with Crippen molar-refractivity contribution in [2.75, 3.05) is 5.75 Å². The van der Waals surface area contributed by atoms with Crippen molar-refractivity contribution in [2.24, 2.45) is 17.8 Å². The number of sulfonamides is 1. The fraction of sp³-hybridized carbons (Fsp3) is 0.889. The summed E-state index contributed by atoms with van der Waals surface area (Å²) in [5, 5.41) is 0. The van der Waals surface area contributed by atoms with Crippen molar-refractivity contribution in [2.45, 2.75) is 27.2 Å². The molecule has 1 fully saturated rings. The van der Waals surface area contributed by atoms with Crippen molar-refractivity contribution in [1.82, 2.24) is 4.72 Å². The topological polar surface area (TPSA) is 63.2 Å². The minimum absolute atomic E-state index is 0.0137. The Hall–Kier alpha value is -0.580. The van der Waals surface area contributed by atoms with Crippen molar-refractivity contribution >= 4 is 15.9 Å². The van der Waals surface area contributed by atoms with Gasteiger partial charge in [0.15, 0.2) is 0 Å². The van der Waals surface area contributed by atoms with Crippen LogP contribution in [-0.2, 0) is 14.8 Å². The van der Waals surface area contributed by atoms with Crippen LogP contribution >= 0.6 is 0 Å². The lowest BCUT2D eigenvalue weighted by molar-refractivity contribution is -0.120. The molecule has 0 saturated heterocycles. The van der Waals surface area contributed by atoms with Gasteiger partial charge in [-0.05, 0) is 18.3 Å². The lowest BCUT2D eigenvalue weighted by Gasteiger charge is -2.07. The minimum Gasteiger partial charge on any atom is -0.274 e. The summed E-state index contributed by atoms with van der Waals surface area (Å²) in [6.45, 7) is 5.56. The summed E-state index contributed by atoms with van der Waals surface area (Å²) >= 11 is 0. The summed E-state index contributed by atoms with van der Waals surface area (Å²) in [7, 11) is -3.41. The number of hydrogen-bond acceptors (Lipinski definition) is 3. The quantitative estimate of drug-likeness (QED) is 0.758. The maximum Gasteiger partial charge on any atom is 0.236 e. The summed E-state index contributed by atoms with van der Waals surface area (Å²) in [5.41, 5.74) is 0. The molecule has 1 N–H and O–H groups in total. The lowest BCUT2D eigenvalue weighted by atomic mass is 10.3. The Morgan fingerprint density at radius 3 is 2.36 bits per heavy atom. The predicted molar refractivity (Wildman–Crippen MR) is 54.0 cm³/mol. The summed E-state index contributed by atoms with van der Waals surface area (Å²) in [6.07, 6.45) is 0.809. The summed E-state index contributed by atoms with van der Waals surface area (Å²) in [5.74, 6) is -0.0314. The van der Waals surface area contributed by atoms with E-state index in [0.717, 1.165) is 6.42 Å². The van der Waals surface area contributed by atoms with Gasteiger partial charge in [-0.25, -0.2) is 8.42 Å². The molecule has 2 atom stereocenters. The maximum absolute atomic E-state index is 11.4. The van der Waals surface area contributed by atoms with Crippen LogP contribution in [-0.4, -0.2) is 20.1 Å². The molecule has 0 aromatic heterocycles. The minimum atomic E-state index is -3.41. The molecule has 0 bridgehead atoms. The normalized spacial score (nSPS) is 26.3. The molecule has 1 amide bonds. The Labute approximate surface area is 85.1 Å². The van der Waals surface area contributed by atoms with E-state index in [-0.39, 0.29) is 23.5 Å². The first-order valence-electron chi connectivity index (χ1n) is 4.86. The van der Waals surface area contributed by atoms with Crippen molar-refractivity contribution < 1.29 is 13.2 Å². The van der Waals surface area contributed by atoms with Crippen LogP contribution in [0.3, 0.4) is 0 Å². The van der Waals surface area contributed by atoms with Crippen molar-refractivity contribution in [3.8, 4) is 0 Å². The molecule has 14 heavy (non-hydrogen) atoms. The average molecular weight is 219 g/mol. The van der Waals surface area contributed by atoms with E-state index < -0.39 is 10.0 Å². The second-order valence-corrected chi connectivity index (χ2v) is 6.23. The SMILES string of the molecule is CC(C)CS(=O)(=O)NC(=O)[C@H]1C[C@@H]1C. The molecule has 1 aliphatic carbocycles. The van der Waals surface area contributed by atoms with Crippen LogP contribution in [0.1, 0.15) is 27.2 Å². The molecule has 82 valence electrons. The van der Waals surface area contributed by atoms with Crippen LogP contribution < -0.4 is 4.72 Å². The van der Waals surface area contributed by atoms with Crippen LogP contribution in [0.4, 0.5) is 0 Å². The molecular formula is C9H17NO3S. The van der Waals surface area contributed by atoms with Crippen LogP contribution in [0.15, 0.2) is 0 Å². The molecule has 0 spiro atoms. The first-order valence-corrected chi connectivity index (χ1v) is 6.51. The molecule has 1 aliphatic rings. The molecule has 0 aliphatic heterocycles. The van der Waals surface area contributed by atoms with E-state index in [1.165, 1.54) is 0 Å². The zero-order valence-electron chi connectivity index (χ0n) is 8.78. The van der Waals surface area contributed by atoms with Gasteiger partial charge < -0.3 is 0 Å². The molecule has 1 saturated carbocycles. The molecule has 5 heteroatoms. The summed E-state index contributed by atoms with van der Waals surface area (Å²) < 4.78 is 24.8. The van der Waals surface area contributed by atoms with Crippen LogP contribution in [0, 0.1) is 17.8 Å². The highest BCUT2D eigenvalue weighted by Gasteiger charge is 2.40. The monoisotopic (exact) mass is 219 g/mol. The molecule has 0 radical (unpaired) electrons. The van der Waals surface area contributed by atoms with Crippen molar-refractivity contribution in [3.63, 3.8) is 0 Å². The summed E-state index contributed by atoms with van der Waals surface area (Å²) in [4.78, 5) is 11.3. The van der Waals surface area contributed by atoms with E-state index in [2.05, 4.69) is 4.72 Å². The molecule has 0 unspecified atom stereocenters. The number of carbonyl (C=O) groups is 1. The number of hydrogen-bond donors (Lipinski definition) is 1. The molecule has 0 heterocycles. The molecule has 1 rings (SSSR count). The third-order valence-electron chi connectivity index (χ3n) is 2.26. The van der Waals surface area contributed by atoms with Crippen LogP contribution in [0.25, 0.3) is 0 Å². The third kappa shape index (κ3) is 3.29. The highest BCUT2D eigenvalue weighted by atomic mass is 32.2. The van der Waals surface area contributed by atoms with Gasteiger partial charge >= 0.3 is 0 Å². The number of rotatable bonds is 4. The Balaban J connectivity index is 2.47. The first-order chi connectivity index (χ1) is 6.32. The average Bonchev–Trinajstić information content (AvgIpc) is 2.61. The lowest BCUT2D eigenvalue weighted by Crippen LogP contribution is -2.35. The Morgan fingerprint density at radius 2 is 2.00 bits per heavy atom. The Kier molecular flexibility index (Phi) is 3.19. The largest absolute Gasteiger partial charge is 0.274 e. The van der Waals surface area contributed by atoms with E-state index in [4.69, 9.17) is 0 Å². The van der Waals surface area contributed by atoms with Gasteiger partial charge in [-0.3, -0.25) is 9.52 Å². The maximum atomic E-state index is 11.4. The fourth-order valence-corrected chi connectivity index (χ4v) is 2.82. The van der Waals surface area contributed by atoms with E-state index in [1.54, 1.807) is 0 Å². The van der Waals surface area contributed by atoms with E-state index >= 15 is 0 Å². The van der Waals surface area contributed by atoms with Crippen LogP contribution in [0.5, 0.6) is 0 Å². The van der Waals surface area contributed by atoms with Crippen molar-refractivity contribution in [3.05, 3.63) is 0 Å². The summed E-state index contributed by atoms with van der Waals surface area (Å²) in [6, 6.07) is 0. The molecule has 4 nitrogen and oxygen atoms in total. The van der Waals surface area contributed by atoms with E-state index in [9.17, 15) is 13.2 Å². The molecule has 0 aromatic carbocycles. The van der Waals surface area contributed by atoms with Gasteiger partial charge in [0.2, 0.25) is 15.9 Å². The second kappa shape index (κ2) is 3.88. The zero-order valence-corrected chi connectivity index (χ0v) is 9.60. The standard InChI is InChI=1S/C9H17NO3S/c1-6(2)5-14(12,13)10-9(11)8-4-7(8)3/h6-8H,4-5H2,1-3H3,(H,10,11)/t7-,8-/m0/s1. The molecular weight excluding hydrogens is 202 g/mol.